The fourth-order valence-corrected chi connectivity index (χ4v) is 1.50. The third kappa shape index (κ3) is 2.88. The van der Waals surface area contributed by atoms with Crippen LogP contribution in [0.3, 0.4) is 0 Å². The second kappa shape index (κ2) is 5.75. The van der Waals surface area contributed by atoms with E-state index >= 15 is 0 Å². The van der Waals surface area contributed by atoms with Gasteiger partial charge in [-0.25, -0.2) is 4.39 Å². The van der Waals surface area contributed by atoms with Crippen LogP contribution in [0.2, 0.25) is 0 Å². The summed E-state index contributed by atoms with van der Waals surface area (Å²) in [5.41, 5.74) is -0.127. The molecule has 0 fully saturated rings. The van der Waals surface area contributed by atoms with Gasteiger partial charge in [-0.05, 0) is 19.1 Å². The van der Waals surface area contributed by atoms with Gasteiger partial charge in [0, 0.05) is 0 Å². The summed E-state index contributed by atoms with van der Waals surface area (Å²) in [7, 11) is 0. The highest BCUT2D eigenvalue weighted by molar-refractivity contribution is 9.10. The third-order valence-corrected chi connectivity index (χ3v) is 2.65. The van der Waals surface area contributed by atoms with Crippen molar-refractivity contribution in [3.63, 3.8) is 0 Å². The van der Waals surface area contributed by atoms with Gasteiger partial charge < -0.3 is 4.74 Å². The smallest absolute Gasteiger partial charge is 0.327 e. The van der Waals surface area contributed by atoms with Crippen LogP contribution in [-0.4, -0.2) is 23.2 Å². The number of benzene rings is 1. The van der Waals surface area contributed by atoms with E-state index in [1.54, 1.807) is 6.92 Å². The number of carbonyl (C=O) groups excluding carboxylic acids is 2. The van der Waals surface area contributed by atoms with Crippen molar-refractivity contribution in [1.29, 1.82) is 0 Å². The predicted molar refractivity (Wildman–Crippen MR) is 60.1 cm³/mol. The van der Waals surface area contributed by atoms with Crippen molar-refractivity contribution in [3.8, 4) is 0 Å². The summed E-state index contributed by atoms with van der Waals surface area (Å²) in [6, 6.07) is 5.49. The molecule has 1 rings (SSSR count). The second-order valence-corrected chi connectivity index (χ2v) is 3.87. The Bertz CT molecular complexity index is 406. The van der Waals surface area contributed by atoms with Gasteiger partial charge in [-0.3, -0.25) is 9.59 Å². The van der Waals surface area contributed by atoms with Crippen molar-refractivity contribution in [1.82, 2.24) is 0 Å². The van der Waals surface area contributed by atoms with Gasteiger partial charge in [0.05, 0.1) is 12.2 Å². The zero-order chi connectivity index (χ0) is 12.1. The molecule has 0 bridgehead atoms. The van der Waals surface area contributed by atoms with Crippen LogP contribution in [-0.2, 0) is 9.53 Å². The number of hydrogen-bond acceptors (Lipinski definition) is 3. The monoisotopic (exact) mass is 288 g/mol. The Balaban J connectivity index is 2.86. The van der Waals surface area contributed by atoms with E-state index in [4.69, 9.17) is 0 Å². The number of halogens is 2. The summed E-state index contributed by atoms with van der Waals surface area (Å²) in [6.45, 7) is 1.80. The number of carbonyl (C=O) groups is 2. The van der Waals surface area contributed by atoms with Gasteiger partial charge in [0.2, 0.25) is 0 Å². The van der Waals surface area contributed by atoms with E-state index in [1.807, 2.05) is 0 Å². The first kappa shape index (κ1) is 12.8. The maximum atomic E-state index is 13.3. The molecule has 0 spiro atoms. The minimum Gasteiger partial charge on any atom is -0.465 e. The van der Waals surface area contributed by atoms with Crippen molar-refractivity contribution < 1.29 is 18.7 Å². The van der Waals surface area contributed by atoms with Crippen LogP contribution in [0.25, 0.3) is 0 Å². The van der Waals surface area contributed by atoms with Crippen molar-refractivity contribution >= 4 is 27.7 Å². The molecule has 0 saturated carbocycles. The largest absolute Gasteiger partial charge is 0.465 e. The van der Waals surface area contributed by atoms with Crippen LogP contribution in [0.1, 0.15) is 17.3 Å². The summed E-state index contributed by atoms with van der Waals surface area (Å²) >= 11 is 2.89. The first-order valence-corrected chi connectivity index (χ1v) is 5.59. The molecule has 5 heteroatoms. The van der Waals surface area contributed by atoms with Crippen molar-refractivity contribution in [2.24, 2.45) is 0 Å². The maximum Gasteiger partial charge on any atom is 0.327 e. The molecule has 0 aliphatic carbocycles. The maximum absolute atomic E-state index is 13.3. The second-order valence-electron chi connectivity index (χ2n) is 2.96. The van der Waals surface area contributed by atoms with Gasteiger partial charge in [-0.1, -0.05) is 28.1 Å². The van der Waals surface area contributed by atoms with E-state index < -0.39 is 22.4 Å². The van der Waals surface area contributed by atoms with E-state index in [-0.39, 0.29) is 12.2 Å². The zero-order valence-electron chi connectivity index (χ0n) is 8.57. The Morgan fingerprint density at radius 3 is 2.62 bits per heavy atom. The Labute approximate surface area is 101 Å². The fraction of sp³-hybridized carbons (Fsp3) is 0.273. The highest BCUT2D eigenvalue weighted by Crippen LogP contribution is 2.14. The molecular formula is C11H10BrFO3. The molecule has 0 heterocycles. The number of ketones is 1. The Hall–Kier alpha value is -1.23. The average Bonchev–Trinajstić information content (AvgIpc) is 2.28. The topological polar surface area (TPSA) is 43.4 Å². The zero-order valence-corrected chi connectivity index (χ0v) is 10.2. The molecule has 0 N–H and O–H groups in total. The quantitative estimate of drug-likeness (QED) is 0.370. The highest BCUT2D eigenvalue weighted by atomic mass is 79.9. The molecule has 0 saturated heterocycles. The van der Waals surface area contributed by atoms with E-state index in [9.17, 15) is 14.0 Å². The van der Waals surface area contributed by atoms with E-state index in [2.05, 4.69) is 20.7 Å². The lowest BCUT2D eigenvalue weighted by Crippen LogP contribution is -2.27. The summed E-state index contributed by atoms with van der Waals surface area (Å²) < 4.78 is 17.9. The third-order valence-electron chi connectivity index (χ3n) is 1.86. The molecule has 86 valence electrons. The summed E-state index contributed by atoms with van der Waals surface area (Å²) in [5.74, 6) is -2.01. The van der Waals surface area contributed by atoms with Crippen LogP contribution < -0.4 is 0 Å². The Morgan fingerprint density at radius 1 is 1.44 bits per heavy atom. The van der Waals surface area contributed by atoms with Gasteiger partial charge in [0.15, 0.2) is 10.6 Å². The summed E-state index contributed by atoms with van der Waals surface area (Å²) in [5, 5.41) is 0. The molecule has 1 atom stereocenters. The Morgan fingerprint density at radius 2 is 2.06 bits per heavy atom. The molecule has 0 aliphatic rings. The summed E-state index contributed by atoms with van der Waals surface area (Å²) in [4.78, 5) is 21.8. The number of Topliss-reactive ketones (excluding diaryl/α,β-unsaturated/α-hetero) is 1. The molecule has 1 aromatic carbocycles. The molecule has 0 aromatic heterocycles. The van der Waals surface area contributed by atoms with Crippen LogP contribution in [0.15, 0.2) is 24.3 Å². The number of hydrogen-bond donors (Lipinski definition) is 0. The van der Waals surface area contributed by atoms with E-state index in [0.717, 1.165) is 6.07 Å². The molecule has 0 aliphatic heterocycles. The summed E-state index contributed by atoms with van der Waals surface area (Å²) in [6.07, 6.45) is 0. The van der Waals surface area contributed by atoms with E-state index in [0.29, 0.717) is 0 Å². The molecule has 1 aromatic rings. The SMILES string of the molecule is CCOC(=O)[C@H](Br)C(=O)c1ccccc1F. The minimum atomic E-state index is -1.16. The normalized spacial score (nSPS) is 11.9. The van der Waals surface area contributed by atoms with Crippen LogP contribution in [0, 0.1) is 5.82 Å². The molecule has 0 unspecified atom stereocenters. The van der Waals surface area contributed by atoms with Gasteiger partial charge in [-0.2, -0.15) is 0 Å². The Kier molecular flexibility index (Phi) is 4.61. The predicted octanol–water partition coefficient (Wildman–Crippen LogP) is 2.33. The van der Waals surface area contributed by atoms with Gasteiger partial charge in [-0.15, -0.1) is 0 Å². The van der Waals surface area contributed by atoms with Crippen molar-refractivity contribution in [2.45, 2.75) is 11.8 Å². The molecule has 3 nitrogen and oxygen atoms in total. The van der Waals surface area contributed by atoms with Crippen molar-refractivity contribution in [3.05, 3.63) is 35.6 Å². The van der Waals surface area contributed by atoms with Crippen LogP contribution in [0.4, 0.5) is 4.39 Å². The number of esters is 1. The lowest BCUT2D eigenvalue weighted by Gasteiger charge is -2.08. The van der Waals surface area contributed by atoms with Crippen LogP contribution in [0.5, 0.6) is 0 Å². The first-order chi connectivity index (χ1) is 7.57. The number of rotatable bonds is 4. The molecule has 16 heavy (non-hydrogen) atoms. The van der Waals surface area contributed by atoms with Gasteiger partial charge in [0.1, 0.15) is 5.82 Å². The molecule has 0 radical (unpaired) electrons. The molecule has 0 amide bonds. The average molecular weight is 289 g/mol. The van der Waals surface area contributed by atoms with Gasteiger partial charge >= 0.3 is 5.97 Å². The van der Waals surface area contributed by atoms with E-state index in [1.165, 1.54) is 18.2 Å². The van der Waals surface area contributed by atoms with Gasteiger partial charge in [0.25, 0.3) is 0 Å². The highest BCUT2D eigenvalue weighted by Gasteiger charge is 2.27. The minimum absolute atomic E-state index is 0.127. The first-order valence-electron chi connectivity index (χ1n) is 4.67. The number of alkyl halides is 1. The molecular weight excluding hydrogens is 279 g/mol. The lowest BCUT2D eigenvalue weighted by atomic mass is 10.1. The fourth-order valence-electron chi connectivity index (χ4n) is 1.12. The lowest BCUT2D eigenvalue weighted by molar-refractivity contribution is -0.141. The standard InChI is InChI=1S/C11H10BrFO3/c1-2-16-11(15)9(12)10(14)7-5-3-4-6-8(7)13/h3-6,9H,2H2,1H3/t9-/m1/s1. The van der Waals surface area contributed by atoms with Crippen LogP contribution >= 0.6 is 15.9 Å². The van der Waals surface area contributed by atoms with Crippen molar-refractivity contribution in [2.75, 3.05) is 6.61 Å². The number of ether oxygens (including phenoxy) is 1.